The number of hydrogen-bond donors (Lipinski definition) is 0. The van der Waals surface area contributed by atoms with Crippen LogP contribution in [0.2, 0.25) is 0 Å². The van der Waals surface area contributed by atoms with Gasteiger partial charge in [0.2, 0.25) is 5.91 Å². The summed E-state index contributed by atoms with van der Waals surface area (Å²) < 4.78 is 8.89. The van der Waals surface area contributed by atoms with Crippen molar-refractivity contribution in [2.75, 3.05) is 63.9 Å². The summed E-state index contributed by atoms with van der Waals surface area (Å²) in [5.41, 5.74) is 4.98. The number of anilines is 1. The van der Waals surface area contributed by atoms with Crippen molar-refractivity contribution in [3.63, 3.8) is 0 Å². The minimum atomic E-state index is 0. The molecule has 6 heterocycles. The third-order valence-electron chi connectivity index (χ3n) is 7.25. The van der Waals surface area contributed by atoms with Crippen LogP contribution in [-0.2, 0) is 16.6 Å². The van der Waals surface area contributed by atoms with Crippen LogP contribution < -0.4 is 4.90 Å². The Morgan fingerprint density at radius 2 is 1.77 bits per heavy atom. The number of morpholine rings is 1. The van der Waals surface area contributed by atoms with Gasteiger partial charge < -0.3 is 14.5 Å². The summed E-state index contributed by atoms with van der Waals surface area (Å²) in [6, 6.07) is 8.36. The molecule has 39 heavy (non-hydrogen) atoms. The zero-order valence-electron chi connectivity index (χ0n) is 21.3. The zero-order chi connectivity index (χ0) is 26.1. The summed E-state index contributed by atoms with van der Waals surface area (Å²) in [5, 5.41) is 18.4. The molecule has 2 saturated heterocycles. The minimum absolute atomic E-state index is 0. The van der Waals surface area contributed by atoms with Crippen LogP contribution in [0.3, 0.4) is 0 Å². The molecule has 0 atom stereocenters. The quantitative estimate of drug-likeness (QED) is 0.389. The van der Waals surface area contributed by atoms with E-state index < -0.39 is 0 Å². The van der Waals surface area contributed by atoms with Crippen molar-refractivity contribution in [2.24, 2.45) is 7.05 Å². The molecular weight excluding hydrogens is 494 g/mol. The predicted molar refractivity (Wildman–Crippen MR) is 148 cm³/mol. The highest BCUT2D eigenvalue weighted by Gasteiger charge is 2.24. The van der Waals surface area contributed by atoms with E-state index in [2.05, 4.69) is 32.1 Å². The van der Waals surface area contributed by atoms with Crippen molar-refractivity contribution < 1.29 is 9.53 Å². The Morgan fingerprint density at radius 1 is 0.974 bits per heavy atom. The third-order valence-corrected chi connectivity index (χ3v) is 7.25. The molecule has 6 rings (SSSR count). The number of fused-ring (bicyclic) bond motifs is 1. The van der Waals surface area contributed by atoms with Gasteiger partial charge in [-0.15, -0.1) is 0 Å². The van der Waals surface area contributed by atoms with E-state index in [1.54, 1.807) is 15.4 Å². The molecule has 0 saturated carbocycles. The van der Waals surface area contributed by atoms with E-state index in [4.69, 9.17) is 9.72 Å². The molecule has 0 aromatic carbocycles. The standard InChI is InChI=1S/C27H29N9O2.CH4/c1-32-17-23(16-30-32)21-12-24(27-22(13-28)15-31-36(27)18-21)20-2-3-25(29-14-20)34-4-6-35(7-5-34)26(37)19-33-8-10-38-11-9-33;/h2-3,12,14-18H,4-11,19H2,1H3;1H4. The van der Waals surface area contributed by atoms with Gasteiger partial charge in [-0.05, 0) is 18.2 Å². The second kappa shape index (κ2) is 11.2. The Labute approximate surface area is 227 Å². The zero-order valence-corrected chi connectivity index (χ0v) is 21.3. The van der Waals surface area contributed by atoms with E-state index >= 15 is 0 Å². The highest BCUT2D eigenvalue weighted by Crippen LogP contribution is 2.32. The fourth-order valence-electron chi connectivity index (χ4n) is 5.12. The summed E-state index contributed by atoms with van der Waals surface area (Å²) in [7, 11) is 1.88. The Morgan fingerprint density at radius 3 is 2.44 bits per heavy atom. The molecule has 202 valence electrons. The van der Waals surface area contributed by atoms with Crippen LogP contribution in [0.5, 0.6) is 0 Å². The summed E-state index contributed by atoms with van der Waals surface area (Å²) in [6.45, 7) is 6.32. The molecule has 0 spiro atoms. The SMILES string of the molecule is C.Cn1cc(-c2cc(-c3ccc(N4CCN(C(=O)CN5CCOCC5)CC4)nc3)c3c(C#N)cnn3c2)cn1. The lowest BCUT2D eigenvalue weighted by Crippen LogP contribution is -2.52. The Balaban J connectivity index is 0.00000308. The molecule has 11 nitrogen and oxygen atoms in total. The molecule has 0 radical (unpaired) electrons. The lowest BCUT2D eigenvalue weighted by Gasteiger charge is -2.36. The molecule has 4 aromatic rings. The van der Waals surface area contributed by atoms with Gasteiger partial charge in [-0.1, -0.05) is 7.43 Å². The van der Waals surface area contributed by atoms with Crippen LogP contribution in [0.25, 0.3) is 27.8 Å². The van der Waals surface area contributed by atoms with Gasteiger partial charge in [-0.2, -0.15) is 15.5 Å². The Kier molecular flexibility index (Phi) is 7.58. The summed E-state index contributed by atoms with van der Waals surface area (Å²) in [4.78, 5) is 23.8. The number of carbonyl (C=O) groups excluding carboxylic acids is 1. The molecule has 0 aliphatic carbocycles. The van der Waals surface area contributed by atoms with Crippen molar-refractivity contribution in [2.45, 2.75) is 7.43 Å². The average molecular weight is 528 g/mol. The largest absolute Gasteiger partial charge is 0.379 e. The lowest BCUT2D eigenvalue weighted by molar-refractivity contribution is -0.133. The number of hydrogen-bond acceptors (Lipinski definition) is 8. The molecule has 2 aliphatic heterocycles. The number of aromatic nitrogens is 5. The average Bonchev–Trinajstić information content (AvgIpc) is 3.59. The number of rotatable bonds is 5. The number of aryl methyl sites for hydroxylation is 1. The molecule has 11 heteroatoms. The van der Waals surface area contributed by atoms with Gasteiger partial charge in [-0.25, -0.2) is 9.50 Å². The second-order valence-electron chi connectivity index (χ2n) is 9.67. The maximum Gasteiger partial charge on any atom is 0.236 e. The Hall–Kier alpha value is -4.27. The van der Waals surface area contributed by atoms with Gasteiger partial charge in [-0.3, -0.25) is 14.4 Å². The maximum atomic E-state index is 12.8. The molecule has 1 amide bonds. The molecule has 4 aromatic heterocycles. The van der Waals surface area contributed by atoms with E-state index in [0.29, 0.717) is 38.4 Å². The van der Waals surface area contributed by atoms with Crippen LogP contribution in [-0.4, -0.2) is 99.1 Å². The van der Waals surface area contributed by atoms with E-state index in [9.17, 15) is 10.1 Å². The van der Waals surface area contributed by atoms with Crippen molar-refractivity contribution in [1.82, 2.24) is 34.2 Å². The first kappa shape index (κ1) is 26.3. The smallest absolute Gasteiger partial charge is 0.236 e. The number of nitrogens with zero attached hydrogens (tertiary/aromatic N) is 9. The number of ether oxygens (including phenoxy) is 1. The van der Waals surface area contributed by atoms with Crippen molar-refractivity contribution in [3.8, 4) is 28.3 Å². The number of nitriles is 1. The first-order valence-electron chi connectivity index (χ1n) is 12.8. The van der Waals surface area contributed by atoms with Gasteiger partial charge in [0.15, 0.2) is 0 Å². The molecule has 0 bridgehead atoms. The van der Waals surface area contributed by atoms with Crippen LogP contribution in [0.1, 0.15) is 13.0 Å². The fraction of sp³-hybridized carbons (Fsp3) is 0.393. The van der Waals surface area contributed by atoms with E-state index in [1.165, 1.54) is 0 Å². The second-order valence-corrected chi connectivity index (χ2v) is 9.67. The third kappa shape index (κ3) is 5.34. The highest BCUT2D eigenvalue weighted by atomic mass is 16.5. The first-order valence-corrected chi connectivity index (χ1v) is 12.8. The molecule has 0 unspecified atom stereocenters. The number of piperazine rings is 1. The number of pyridine rings is 2. The normalized spacial score (nSPS) is 16.2. The van der Waals surface area contributed by atoms with Gasteiger partial charge in [0.25, 0.3) is 0 Å². The maximum absolute atomic E-state index is 12.8. The van der Waals surface area contributed by atoms with E-state index in [1.807, 2.05) is 48.9 Å². The lowest BCUT2D eigenvalue weighted by atomic mass is 10.0. The number of amides is 1. The monoisotopic (exact) mass is 527 g/mol. The molecular formula is C28H33N9O2. The minimum Gasteiger partial charge on any atom is -0.379 e. The Bertz CT molecular complexity index is 1490. The van der Waals surface area contributed by atoms with Gasteiger partial charge in [0.05, 0.1) is 43.2 Å². The number of carbonyl (C=O) groups is 1. The van der Waals surface area contributed by atoms with Crippen molar-refractivity contribution in [3.05, 3.63) is 54.7 Å². The van der Waals surface area contributed by atoms with E-state index in [0.717, 1.165) is 59.8 Å². The van der Waals surface area contributed by atoms with Crippen LogP contribution in [0, 0.1) is 11.3 Å². The molecule has 2 fully saturated rings. The highest BCUT2D eigenvalue weighted by molar-refractivity contribution is 5.87. The fourth-order valence-corrected chi connectivity index (χ4v) is 5.12. The van der Waals surface area contributed by atoms with Crippen molar-refractivity contribution in [1.29, 1.82) is 5.26 Å². The summed E-state index contributed by atoms with van der Waals surface area (Å²) in [5.74, 6) is 1.06. The summed E-state index contributed by atoms with van der Waals surface area (Å²) in [6.07, 6.45) is 9.12. The predicted octanol–water partition coefficient (Wildman–Crippen LogP) is 2.29. The molecule has 2 aliphatic rings. The topological polar surface area (TPSA) is 108 Å². The first-order chi connectivity index (χ1) is 18.6. The summed E-state index contributed by atoms with van der Waals surface area (Å²) >= 11 is 0. The van der Waals surface area contributed by atoms with Crippen LogP contribution in [0.4, 0.5) is 5.82 Å². The van der Waals surface area contributed by atoms with Crippen LogP contribution in [0.15, 0.2) is 49.2 Å². The van der Waals surface area contributed by atoms with Gasteiger partial charge >= 0.3 is 0 Å². The van der Waals surface area contributed by atoms with Gasteiger partial charge in [0.1, 0.15) is 11.9 Å². The van der Waals surface area contributed by atoms with Crippen molar-refractivity contribution >= 4 is 17.2 Å². The van der Waals surface area contributed by atoms with Crippen LogP contribution >= 0.6 is 0 Å². The van der Waals surface area contributed by atoms with E-state index in [-0.39, 0.29) is 13.3 Å². The van der Waals surface area contributed by atoms with Gasteiger partial charge in [0, 0.05) is 87.2 Å². The molecule has 0 N–H and O–H groups in total.